The Labute approximate surface area is 104 Å². The van der Waals surface area contributed by atoms with Gasteiger partial charge >= 0.3 is 0 Å². The highest BCUT2D eigenvalue weighted by Crippen LogP contribution is 2.13. The average molecular weight is 236 g/mol. The van der Waals surface area contributed by atoms with E-state index in [4.69, 9.17) is 10.5 Å². The molecule has 0 aliphatic heterocycles. The van der Waals surface area contributed by atoms with Crippen LogP contribution < -0.4 is 11.1 Å². The lowest BCUT2D eigenvalue weighted by atomic mass is 10.1. The van der Waals surface area contributed by atoms with E-state index in [2.05, 4.69) is 36.5 Å². The van der Waals surface area contributed by atoms with E-state index in [1.54, 1.807) is 7.11 Å². The molecule has 3 heteroatoms. The molecule has 17 heavy (non-hydrogen) atoms. The Morgan fingerprint density at radius 2 is 2.00 bits per heavy atom. The van der Waals surface area contributed by atoms with Crippen molar-refractivity contribution in [1.29, 1.82) is 0 Å². The smallest absolute Gasteiger partial charge is 0.0664 e. The molecule has 1 aromatic rings. The highest BCUT2D eigenvalue weighted by molar-refractivity contribution is 5.45. The minimum absolute atomic E-state index is 0.344. The number of aryl methyl sites for hydroxylation is 1. The third kappa shape index (κ3) is 5.20. The lowest BCUT2D eigenvalue weighted by molar-refractivity contribution is 0.182. The van der Waals surface area contributed by atoms with Crippen molar-refractivity contribution in [3.63, 3.8) is 0 Å². The van der Waals surface area contributed by atoms with Crippen molar-refractivity contribution in [2.45, 2.75) is 32.2 Å². The van der Waals surface area contributed by atoms with Crippen LogP contribution in [0.5, 0.6) is 0 Å². The highest BCUT2D eigenvalue weighted by Gasteiger charge is 2.07. The Hall–Kier alpha value is -1.06. The van der Waals surface area contributed by atoms with E-state index < -0.39 is 0 Å². The molecule has 3 nitrogen and oxygen atoms in total. The second-order valence-electron chi connectivity index (χ2n) is 4.28. The number of nitrogens with two attached hydrogens (primary N) is 1. The van der Waals surface area contributed by atoms with Crippen molar-refractivity contribution in [1.82, 2.24) is 0 Å². The van der Waals surface area contributed by atoms with E-state index in [1.165, 1.54) is 5.56 Å². The van der Waals surface area contributed by atoms with Gasteiger partial charge in [0.05, 0.1) is 6.61 Å². The number of rotatable bonds is 8. The van der Waals surface area contributed by atoms with Gasteiger partial charge in [-0.1, -0.05) is 19.1 Å². The topological polar surface area (TPSA) is 47.3 Å². The number of methoxy groups -OCH3 is 1. The van der Waals surface area contributed by atoms with E-state index in [1.807, 2.05) is 0 Å². The number of anilines is 1. The van der Waals surface area contributed by atoms with Crippen LogP contribution in [0.1, 0.15) is 25.3 Å². The Kier molecular flexibility index (Phi) is 6.67. The average Bonchev–Trinajstić information content (AvgIpc) is 2.37. The van der Waals surface area contributed by atoms with Crippen LogP contribution in [0.15, 0.2) is 24.3 Å². The van der Waals surface area contributed by atoms with Crippen molar-refractivity contribution in [3.8, 4) is 0 Å². The maximum atomic E-state index is 5.54. The molecule has 0 saturated heterocycles. The number of hydrogen-bond acceptors (Lipinski definition) is 3. The molecule has 0 amide bonds. The zero-order valence-electron chi connectivity index (χ0n) is 10.9. The minimum Gasteiger partial charge on any atom is -0.383 e. The molecule has 0 fully saturated rings. The van der Waals surface area contributed by atoms with Gasteiger partial charge in [0.15, 0.2) is 0 Å². The fourth-order valence-electron chi connectivity index (χ4n) is 1.83. The molecule has 1 rings (SSSR count). The van der Waals surface area contributed by atoms with Crippen LogP contribution >= 0.6 is 0 Å². The monoisotopic (exact) mass is 236 g/mol. The van der Waals surface area contributed by atoms with Gasteiger partial charge in [-0.2, -0.15) is 0 Å². The maximum absolute atomic E-state index is 5.54. The summed E-state index contributed by atoms with van der Waals surface area (Å²) in [6.45, 7) is 3.61. The van der Waals surface area contributed by atoms with E-state index in [0.717, 1.165) is 38.1 Å². The van der Waals surface area contributed by atoms with Gasteiger partial charge in [-0.25, -0.2) is 0 Å². The maximum Gasteiger partial charge on any atom is 0.0664 e. The third-order valence-electron chi connectivity index (χ3n) is 2.86. The van der Waals surface area contributed by atoms with Crippen molar-refractivity contribution in [3.05, 3.63) is 29.8 Å². The first kappa shape index (κ1) is 14.0. The molecule has 0 radical (unpaired) electrons. The Balaban J connectivity index is 2.51. The predicted octanol–water partition coefficient (Wildman–Crippen LogP) is 2.41. The first-order valence-corrected chi connectivity index (χ1v) is 6.34. The second-order valence-corrected chi connectivity index (χ2v) is 4.28. The molecule has 0 aromatic heterocycles. The van der Waals surface area contributed by atoms with Gasteiger partial charge in [0, 0.05) is 18.8 Å². The lowest BCUT2D eigenvalue weighted by Gasteiger charge is -2.19. The molecular formula is C14H24N2O. The van der Waals surface area contributed by atoms with E-state index in [9.17, 15) is 0 Å². The van der Waals surface area contributed by atoms with Crippen LogP contribution in [0.3, 0.4) is 0 Å². The number of nitrogens with one attached hydrogen (secondary N) is 1. The zero-order valence-corrected chi connectivity index (χ0v) is 10.9. The summed E-state index contributed by atoms with van der Waals surface area (Å²) in [6, 6.07) is 8.93. The normalized spacial score (nSPS) is 12.4. The van der Waals surface area contributed by atoms with Gasteiger partial charge in [-0.15, -0.1) is 0 Å². The lowest BCUT2D eigenvalue weighted by Crippen LogP contribution is -2.25. The fourth-order valence-corrected chi connectivity index (χ4v) is 1.83. The van der Waals surface area contributed by atoms with Crippen molar-refractivity contribution < 1.29 is 4.74 Å². The van der Waals surface area contributed by atoms with Gasteiger partial charge in [-0.05, 0) is 43.5 Å². The van der Waals surface area contributed by atoms with Gasteiger partial charge in [0.2, 0.25) is 0 Å². The van der Waals surface area contributed by atoms with Crippen molar-refractivity contribution in [2.24, 2.45) is 5.73 Å². The van der Waals surface area contributed by atoms with Gasteiger partial charge in [0.1, 0.15) is 0 Å². The Morgan fingerprint density at radius 1 is 1.29 bits per heavy atom. The summed E-state index contributed by atoms with van der Waals surface area (Å²) in [5.41, 5.74) is 8.05. The Bertz CT molecular complexity index is 298. The van der Waals surface area contributed by atoms with Crippen LogP contribution in [0.25, 0.3) is 0 Å². The summed E-state index contributed by atoms with van der Waals surface area (Å²) >= 11 is 0. The molecule has 0 saturated carbocycles. The summed E-state index contributed by atoms with van der Waals surface area (Å²) in [7, 11) is 1.73. The minimum atomic E-state index is 0.344. The van der Waals surface area contributed by atoms with Crippen LogP contribution in [-0.4, -0.2) is 26.3 Å². The first-order chi connectivity index (χ1) is 8.30. The van der Waals surface area contributed by atoms with E-state index in [-0.39, 0.29) is 0 Å². The van der Waals surface area contributed by atoms with E-state index >= 15 is 0 Å². The summed E-state index contributed by atoms with van der Waals surface area (Å²) < 4.78 is 5.21. The Morgan fingerprint density at radius 3 is 2.53 bits per heavy atom. The number of hydrogen-bond donors (Lipinski definition) is 2. The van der Waals surface area contributed by atoms with Crippen LogP contribution in [-0.2, 0) is 11.2 Å². The van der Waals surface area contributed by atoms with Gasteiger partial charge in [-0.3, -0.25) is 0 Å². The number of benzene rings is 1. The number of ether oxygens (including phenoxy) is 1. The van der Waals surface area contributed by atoms with Crippen molar-refractivity contribution in [2.75, 3.05) is 25.6 Å². The predicted molar refractivity (Wildman–Crippen MR) is 73.4 cm³/mol. The quantitative estimate of drug-likeness (QED) is 0.728. The van der Waals surface area contributed by atoms with Gasteiger partial charge in [0.25, 0.3) is 0 Å². The molecule has 1 aromatic carbocycles. The SMILES string of the molecule is CCc1ccc(NC(CCCN)COC)cc1. The highest BCUT2D eigenvalue weighted by atomic mass is 16.5. The molecule has 0 bridgehead atoms. The standard InChI is InChI=1S/C14H24N2O/c1-3-12-6-8-13(9-7-12)16-14(11-17-2)5-4-10-15/h6-9,14,16H,3-5,10-11,15H2,1-2H3. The fraction of sp³-hybridized carbons (Fsp3) is 0.571. The molecule has 0 aliphatic rings. The molecule has 1 unspecified atom stereocenters. The van der Waals surface area contributed by atoms with Crippen LogP contribution in [0.4, 0.5) is 5.69 Å². The largest absolute Gasteiger partial charge is 0.383 e. The summed E-state index contributed by atoms with van der Waals surface area (Å²) in [5, 5.41) is 3.49. The zero-order chi connectivity index (χ0) is 12.5. The third-order valence-corrected chi connectivity index (χ3v) is 2.86. The molecule has 0 aliphatic carbocycles. The second kappa shape index (κ2) is 8.09. The molecule has 96 valence electrons. The first-order valence-electron chi connectivity index (χ1n) is 6.34. The van der Waals surface area contributed by atoms with Gasteiger partial charge < -0.3 is 15.8 Å². The van der Waals surface area contributed by atoms with Crippen LogP contribution in [0.2, 0.25) is 0 Å². The summed E-state index contributed by atoms with van der Waals surface area (Å²) in [6.07, 6.45) is 3.14. The van der Waals surface area contributed by atoms with E-state index in [0.29, 0.717) is 6.04 Å². The summed E-state index contributed by atoms with van der Waals surface area (Å²) in [4.78, 5) is 0. The van der Waals surface area contributed by atoms with Crippen molar-refractivity contribution >= 4 is 5.69 Å². The molecule has 0 heterocycles. The van der Waals surface area contributed by atoms with Crippen LogP contribution in [0, 0.1) is 0 Å². The molecule has 1 atom stereocenters. The molecule has 3 N–H and O–H groups in total. The molecule has 0 spiro atoms. The molecular weight excluding hydrogens is 212 g/mol. The summed E-state index contributed by atoms with van der Waals surface area (Å²) in [5.74, 6) is 0.